The molecule has 15 atom stereocenters. The number of nitrogens with zero attached hydrogens (tertiary/aromatic N) is 1. The predicted molar refractivity (Wildman–Crippen MR) is 194 cm³/mol. The van der Waals surface area contributed by atoms with Crippen molar-refractivity contribution in [2.75, 3.05) is 0 Å². The van der Waals surface area contributed by atoms with Crippen LogP contribution in [0.3, 0.4) is 0 Å². The van der Waals surface area contributed by atoms with Gasteiger partial charge in [0.05, 0.1) is 0 Å². The van der Waals surface area contributed by atoms with Crippen LogP contribution in [0.25, 0.3) is 0 Å². The summed E-state index contributed by atoms with van der Waals surface area (Å²) in [5.41, 5.74) is 0. The van der Waals surface area contributed by atoms with E-state index in [9.17, 15) is 0 Å². The zero-order valence-electron chi connectivity index (χ0n) is 28.8. The van der Waals surface area contributed by atoms with Gasteiger partial charge < -0.3 is 0 Å². The summed E-state index contributed by atoms with van der Waals surface area (Å²) >= 11 is 5.19. The zero-order chi connectivity index (χ0) is 29.5. The molecule has 1 nitrogen and oxygen atoms in total. The Balaban J connectivity index is 0.926. The van der Waals surface area contributed by atoms with E-state index in [1.54, 1.807) is 141 Å². The summed E-state index contributed by atoms with van der Waals surface area (Å²) in [4.78, 5) is 3.45. The van der Waals surface area contributed by atoms with Gasteiger partial charge >= 0.3 is 0 Å². The third kappa shape index (κ3) is 5.23. The summed E-state index contributed by atoms with van der Waals surface area (Å²) in [5, 5.41) is 4.12. The van der Waals surface area contributed by atoms with Crippen LogP contribution in [-0.2, 0) is 0 Å². The Labute approximate surface area is 286 Å². The summed E-state index contributed by atoms with van der Waals surface area (Å²) in [6.45, 7) is 0. The first-order chi connectivity index (χ1) is 22.3. The lowest BCUT2D eigenvalue weighted by Gasteiger charge is -2.48. The van der Waals surface area contributed by atoms with Crippen molar-refractivity contribution < 1.29 is 0 Å². The van der Waals surface area contributed by atoms with Crippen molar-refractivity contribution in [1.82, 2.24) is 4.90 Å². The Kier molecular flexibility index (Phi) is 8.65. The van der Waals surface area contributed by atoms with Gasteiger partial charge in [-0.15, -0.1) is 0 Å². The summed E-state index contributed by atoms with van der Waals surface area (Å²) < 4.78 is 0. The lowest BCUT2D eigenvalue weighted by Crippen LogP contribution is -2.54. The Morgan fingerprint density at radius 3 is 1.62 bits per heavy atom. The lowest BCUT2D eigenvalue weighted by atomic mass is 9.62. The van der Waals surface area contributed by atoms with Crippen LogP contribution in [0.1, 0.15) is 161 Å². The van der Waals surface area contributed by atoms with Crippen molar-refractivity contribution >= 4 is 23.5 Å². The summed E-state index contributed by atoms with van der Waals surface area (Å²) in [6, 6.07) is 2.87. The van der Waals surface area contributed by atoms with Crippen LogP contribution in [0.15, 0.2) is 0 Å². The quantitative estimate of drug-likeness (QED) is 0.299. The van der Waals surface area contributed by atoms with Gasteiger partial charge in [0.25, 0.3) is 0 Å². The minimum Gasteiger partial charge on any atom is -0.293 e. The second-order valence-electron chi connectivity index (χ2n) is 19.1. The van der Waals surface area contributed by atoms with E-state index in [4.69, 9.17) is 0 Å². The number of hydrogen-bond donors (Lipinski definition) is 0. The molecule has 3 saturated heterocycles. The minimum atomic E-state index is 0.939. The number of thioether (sulfide) groups is 2. The maximum atomic E-state index is 3.45. The fourth-order valence-corrected chi connectivity index (χ4v) is 20.4. The van der Waals surface area contributed by atoms with E-state index in [0.717, 1.165) is 98.3 Å². The largest absolute Gasteiger partial charge is 0.293 e. The van der Waals surface area contributed by atoms with Crippen molar-refractivity contribution in [2.45, 2.75) is 200 Å². The number of likely N-dealkylation sites (tertiary alicyclic amines) is 1. The van der Waals surface area contributed by atoms with Crippen molar-refractivity contribution in [3.8, 4) is 0 Å². The van der Waals surface area contributed by atoms with Crippen LogP contribution < -0.4 is 0 Å². The topological polar surface area (TPSA) is 3.24 Å². The first-order valence-electron chi connectivity index (χ1n) is 21.4. The van der Waals surface area contributed by atoms with Crippen LogP contribution in [-0.4, -0.2) is 44.0 Å². The standard InChI is InChI=1S/C42H67NS2/c1-3-10-26(11-4-1)28-18-21-35-33(24-28)34-25-29(27-12-5-2-6-13-27)19-22-36(34)43(35)37-16-9-15-30-31-20-23-39-40(42(31)45-41(30)37)32-14-7-8-17-38(32)44-39/h26-42H,1-25H2. The van der Waals surface area contributed by atoms with Crippen LogP contribution in [0.2, 0.25) is 0 Å². The van der Waals surface area contributed by atoms with E-state index < -0.39 is 0 Å². The van der Waals surface area contributed by atoms with E-state index in [1.165, 1.54) is 19.3 Å². The molecule has 7 aliphatic carbocycles. The molecule has 0 radical (unpaired) electrons. The molecule has 0 N–H and O–H groups in total. The van der Waals surface area contributed by atoms with Crippen LogP contribution in [0.4, 0.5) is 0 Å². The fourth-order valence-electron chi connectivity index (χ4n) is 15.7. The Bertz CT molecular complexity index is 992. The molecule has 3 aliphatic heterocycles. The maximum Gasteiger partial charge on any atom is 0.0237 e. The normalized spacial score (nSPS) is 54.0. The van der Waals surface area contributed by atoms with E-state index >= 15 is 0 Å². The molecule has 10 fully saturated rings. The van der Waals surface area contributed by atoms with Gasteiger partial charge in [0, 0.05) is 39.1 Å². The fraction of sp³-hybridized carbons (Fsp3) is 1.00. The number of rotatable bonds is 3. The van der Waals surface area contributed by atoms with Crippen LogP contribution in [0, 0.1) is 59.2 Å². The van der Waals surface area contributed by atoms with E-state index in [-0.39, 0.29) is 0 Å². The van der Waals surface area contributed by atoms with Crippen molar-refractivity contribution in [1.29, 1.82) is 0 Å². The molecule has 0 bridgehead atoms. The van der Waals surface area contributed by atoms with Gasteiger partial charge in [-0.1, -0.05) is 83.5 Å². The molecular weight excluding hydrogens is 583 g/mol. The lowest BCUT2D eigenvalue weighted by molar-refractivity contribution is 0.0302. The average Bonchev–Trinajstić information content (AvgIpc) is 3.78. The molecule has 3 heteroatoms. The molecule has 0 amide bonds. The molecule has 0 aromatic carbocycles. The predicted octanol–water partition coefficient (Wildman–Crippen LogP) is 11.4. The van der Waals surface area contributed by atoms with Crippen molar-refractivity contribution in [3.63, 3.8) is 0 Å². The van der Waals surface area contributed by atoms with Crippen LogP contribution in [0.5, 0.6) is 0 Å². The summed E-state index contributed by atoms with van der Waals surface area (Å²) in [6.07, 6.45) is 39.4. The first-order valence-corrected chi connectivity index (χ1v) is 23.3. The Morgan fingerprint density at radius 1 is 0.333 bits per heavy atom. The molecule has 252 valence electrons. The Hall–Kier alpha value is 0.660. The summed E-state index contributed by atoms with van der Waals surface area (Å²) in [7, 11) is 0. The molecule has 0 aromatic heterocycles. The van der Waals surface area contributed by atoms with E-state index in [2.05, 4.69) is 28.4 Å². The molecule has 10 aliphatic rings. The highest BCUT2D eigenvalue weighted by molar-refractivity contribution is 8.02. The number of fused-ring (bicyclic) bond motifs is 10. The highest BCUT2D eigenvalue weighted by Crippen LogP contribution is 2.66. The zero-order valence-corrected chi connectivity index (χ0v) is 30.4. The van der Waals surface area contributed by atoms with Gasteiger partial charge in [-0.3, -0.25) is 4.90 Å². The van der Waals surface area contributed by atoms with E-state index in [1.807, 2.05) is 0 Å². The molecule has 45 heavy (non-hydrogen) atoms. The summed E-state index contributed by atoms with van der Waals surface area (Å²) in [5.74, 6) is 10.8. The first kappa shape index (κ1) is 30.5. The second kappa shape index (κ2) is 12.8. The van der Waals surface area contributed by atoms with Crippen molar-refractivity contribution in [3.05, 3.63) is 0 Å². The number of hydrogen-bond acceptors (Lipinski definition) is 3. The SMILES string of the molecule is C1CCC(C2CCC3C(C2)C2CC(C4CCCCC4)CCC2N3C2CCCC3C4CCC5SC6CCCCC6C5C4SC32)CC1. The average molecular weight is 650 g/mol. The molecule has 0 spiro atoms. The maximum absolute atomic E-state index is 3.45. The van der Waals surface area contributed by atoms with Gasteiger partial charge in [-0.2, -0.15) is 23.5 Å². The van der Waals surface area contributed by atoms with Gasteiger partial charge in [0.2, 0.25) is 0 Å². The van der Waals surface area contributed by atoms with Crippen molar-refractivity contribution in [2.24, 2.45) is 59.2 Å². The van der Waals surface area contributed by atoms with Gasteiger partial charge in [-0.25, -0.2) is 0 Å². The molecular formula is C42H67NS2. The second-order valence-corrected chi connectivity index (χ2v) is 21.9. The van der Waals surface area contributed by atoms with Gasteiger partial charge in [0.15, 0.2) is 0 Å². The smallest absolute Gasteiger partial charge is 0.0237 e. The molecule has 0 aromatic rings. The Morgan fingerprint density at radius 2 is 0.933 bits per heavy atom. The molecule has 10 rings (SSSR count). The highest BCUT2D eigenvalue weighted by atomic mass is 32.2. The van der Waals surface area contributed by atoms with Crippen LogP contribution >= 0.6 is 23.5 Å². The highest BCUT2D eigenvalue weighted by Gasteiger charge is 2.62. The van der Waals surface area contributed by atoms with Gasteiger partial charge in [0.1, 0.15) is 0 Å². The molecule has 7 saturated carbocycles. The van der Waals surface area contributed by atoms with Gasteiger partial charge in [-0.05, 0) is 136 Å². The third-order valence-corrected chi connectivity index (χ3v) is 21.2. The molecule has 3 heterocycles. The third-order valence-electron chi connectivity index (χ3n) is 17.5. The minimum absolute atomic E-state index is 0.939. The molecule has 15 unspecified atom stereocenters. The monoisotopic (exact) mass is 649 g/mol. The van der Waals surface area contributed by atoms with E-state index in [0.29, 0.717) is 0 Å².